The highest BCUT2D eigenvalue weighted by Gasteiger charge is 2.06. The molecule has 112 valence electrons. The number of ether oxygens (including phenoxy) is 3. The fraction of sp³-hybridized carbons (Fsp3) is 0.500. The third-order valence-electron chi connectivity index (χ3n) is 2.73. The molecule has 0 amide bonds. The van der Waals surface area contributed by atoms with Crippen LogP contribution in [0.5, 0.6) is 11.5 Å². The van der Waals surface area contributed by atoms with Gasteiger partial charge in [0.15, 0.2) is 11.5 Å². The maximum atomic E-state index is 5.70. The number of methoxy groups -OCH3 is 2. The Morgan fingerprint density at radius 1 is 1.25 bits per heavy atom. The predicted octanol–water partition coefficient (Wildman–Crippen LogP) is 2.78. The third-order valence-corrected chi connectivity index (χ3v) is 2.73. The monoisotopic (exact) mass is 279 g/mol. The van der Waals surface area contributed by atoms with Gasteiger partial charge in [0.05, 0.1) is 7.11 Å². The summed E-state index contributed by atoms with van der Waals surface area (Å²) in [6.07, 6.45) is 1.01. The Kier molecular flexibility index (Phi) is 7.77. The first-order valence-corrected chi connectivity index (χ1v) is 6.81. The van der Waals surface area contributed by atoms with E-state index in [1.165, 1.54) is 5.56 Å². The number of nitrogens with one attached hydrogen (secondary N) is 1. The minimum atomic E-state index is 0.501. The molecule has 1 aromatic rings. The van der Waals surface area contributed by atoms with Crippen molar-refractivity contribution in [2.75, 3.05) is 34.0 Å². The molecule has 0 saturated carbocycles. The molecule has 0 unspecified atom stereocenters. The van der Waals surface area contributed by atoms with Crippen molar-refractivity contribution < 1.29 is 14.2 Å². The van der Waals surface area contributed by atoms with E-state index in [9.17, 15) is 0 Å². The molecule has 4 heteroatoms. The summed E-state index contributed by atoms with van der Waals surface area (Å²) >= 11 is 0. The molecular formula is C16H25NO3. The quantitative estimate of drug-likeness (QED) is 0.528. The first-order valence-electron chi connectivity index (χ1n) is 6.81. The smallest absolute Gasteiger partial charge is 0.161 e. The Labute approximate surface area is 121 Å². The Balaban J connectivity index is 2.54. The van der Waals surface area contributed by atoms with Crippen molar-refractivity contribution >= 4 is 0 Å². The van der Waals surface area contributed by atoms with Gasteiger partial charge < -0.3 is 19.5 Å². The molecule has 0 aliphatic carbocycles. The van der Waals surface area contributed by atoms with E-state index in [2.05, 4.69) is 11.9 Å². The second-order valence-electron chi connectivity index (χ2n) is 4.75. The summed E-state index contributed by atoms with van der Waals surface area (Å²) in [6, 6.07) is 5.97. The summed E-state index contributed by atoms with van der Waals surface area (Å²) in [6.45, 7) is 8.79. The van der Waals surface area contributed by atoms with Gasteiger partial charge in [0, 0.05) is 20.3 Å². The molecule has 0 spiro atoms. The van der Waals surface area contributed by atoms with E-state index in [-0.39, 0.29) is 0 Å². The molecule has 1 rings (SSSR count). The SMILES string of the molecule is C=C(C)COc1cc(CNCCCOC)ccc1OC. The van der Waals surface area contributed by atoms with Gasteiger partial charge in [-0.2, -0.15) is 0 Å². The Hall–Kier alpha value is -1.52. The number of rotatable bonds is 10. The van der Waals surface area contributed by atoms with Crippen molar-refractivity contribution in [3.05, 3.63) is 35.9 Å². The molecular weight excluding hydrogens is 254 g/mol. The molecule has 20 heavy (non-hydrogen) atoms. The van der Waals surface area contributed by atoms with Crippen LogP contribution < -0.4 is 14.8 Å². The second-order valence-corrected chi connectivity index (χ2v) is 4.75. The average molecular weight is 279 g/mol. The van der Waals surface area contributed by atoms with Crippen LogP contribution in [-0.2, 0) is 11.3 Å². The van der Waals surface area contributed by atoms with E-state index in [4.69, 9.17) is 14.2 Å². The van der Waals surface area contributed by atoms with Crippen LogP contribution >= 0.6 is 0 Å². The van der Waals surface area contributed by atoms with Crippen molar-refractivity contribution in [1.29, 1.82) is 0 Å². The highest BCUT2D eigenvalue weighted by molar-refractivity contribution is 5.43. The zero-order chi connectivity index (χ0) is 14.8. The average Bonchev–Trinajstić information content (AvgIpc) is 2.45. The minimum absolute atomic E-state index is 0.501. The standard InChI is InChI=1S/C16H25NO3/c1-13(2)12-20-16-10-14(6-7-15(16)19-4)11-17-8-5-9-18-3/h6-7,10,17H,1,5,8-9,11-12H2,2-4H3. The van der Waals surface area contributed by atoms with Crippen molar-refractivity contribution in [2.24, 2.45) is 0 Å². The molecule has 0 radical (unpaired) electrons. The van der Waals surface area contributed by atoms with Gasteiger partial charge >= 0.3 is 0 Å². The van der Waals surface area contributed by atoms with Gasteiger partial charge in [0.1, 0.15) is 6.61 Å². The van der Waals surface area contributed by atoms with E-state index >= 15 is 0 Å². The first-order chi connectivity index (χ1) is 9.67. The molecule has 4 nitrogen and oxygen atoms in total. The molecule has 0 fully saturated rings. The Morgan fingerprint density at radius 2 is 2.05 bits per heavy atom. The Bertz CT molecular complexity index is 418. The fourth-order valence-electron chi connectivity index (χ4n) is 1.72. The van der Waals surface area contributed by atoms with Gasteiger partial charge in [-0.05, 0) is 43.2 Å². The Morgan fingerprint density at radius 3 is 2.70 bits per heavy atom. The van der Waals surface area contributed by atoms with Gasteiger partial charge in [-0.1, -0.05) is 12.6 Å². The molecule has 0 atom stereocenters. The van der Waals surface area contributed by atoms with Gasteiger partial charge in [-0.15, -0.1) is 0 Å². The summed E-state index contributed by atoms with van der Waals surface area (Å²) in [5.74, 6) is 1.50. The van der Waals surface area contributed by atoms with Crippen molar-refractivity contribution in [1.82, 2.24) is 5.32 Å². The lowest BCUT2D eigenvalue weighted by atomic mass is 10.2. The second kappa shape index (κ2) is 9.39. The van der Waals surface area contributed by atoms with Gasteiger partial charge in [0.2, 0.25) is 0 Å². The molecule has 0 heterocycles. The molecule has 0 saturated heterocycles. The van der Waals surface area contributed by atoms with Crippen molar-refractivity contribution in [3.63, 3.8) is 0 Å². The predicted molar refractivity (Wildman–Crippen MR) is 81.5 cm³/mol. The van der Waals surface area contributed by atoms with E-state index in [1.807, 2.05) is 25.1 Å². The van der Waals surface area contributed by atoms with Crippen LogP contribution in [0.2, 0.25) is 0 Å². The van der Waals surface area contributed by atoms with Crippen LogP contribution in [0.3, 0.4) is 0 Å². The van der Waals surface area contributed by atoms with E-state index in [1.54, 1.807) is 14.2 Å². The highest BCUT2D eigenvalue weighted by atomic mass is 16.5. The largest absolute Gasteiger partial charge is 0.493 e. The van der Waals surface area contributed by atoms with E-state index in [0.29, 0.717) is 6.61 Å². The van der Waals surface area contributed by atoms with Gasteiger partial charge in [-0.3, -0.25) is 0 Å². The summed E-state index contributed by atoms with van der Waals surface area (Å²) in [7, 11) is 3.36. The zero-order valence-corrected chi connectivity index (χ0v) is 12.7. The maximum Gasteiger partial charge on any atom is 0.161 e. The number of benzene rings is 1. The zero-order valence-electron chi connectivity index (χ0n) is 12.7. The molecule has 1 aromatic carbocycles. The molecule has 1 N–H and O–H groups in total. The molecule has 0 bridgehead atoms. The van der Waals surface area contributed by atoms with Crippen LogP contribution in [0, 0.1) is 0 Å². The van der Waals surface area contributed by atoms with Crippen LogP contribution in [0.25, 0.3) is 0 Å². The van der Waals surface area contributed by atoms with Crippen LogP contribution in [0.4, 0.5) is 0 Å². The molecule has 0 aliphatic heterocycles. The van der Waals surface area contributed by atoms with Crippen LogP contribution in [0.1, 0.15) is 18.9 Å². The molecule has 0 aromatic heterocycles. The van der Waals surface area contributed by atoms with Crippen LogP contribution in [-0.4, -0.2) is 34.0 Å². The summed E-state index contributed by atoms with van der Waals surface area (Å²) < 4.78 is 16.0. The van der Waals surface area contributed by atoms with Gasteiger partial charge in [-0.25, -0.2) is 0 Å². The molecule has 0 aliphatic rings. The number of hydrogen-bond donors (Lipinski definition) is 1. The highest BCUT2D eigenvalue weighted by Crippen LogP contribution is 2.28. The van der Waals surface area contributed by atoms with Crippen molar-refractivity contribution in [3.8, 4) is 11.5 Å². The summed E-state index contributed by atoms with van der Waals surface area (Å²) in [5, 5.41) is 3.37. The number of hydrogen-bond acceptors (Lipinski definition) is 4. The first kappa shape index (κ1) is 16.5. The summed E-state index contributed by atoms with van der Waals surface area (Å²) in [5.41, 5.74) is 2.15. The lowest BCUT2D eigenvalue weighted by Crippen LogP contribution is -2.16. The van der Waals surface area contributed by atoms with E-state index in [0.717, 1.165) is 43.2 Å². The van der Waals surface area contributed by atoms with Gasteiger partial charge in [0.25, 0.3) is 0 Å². The normalized spacial score (nSPS) is 10.3. The maximum absolute atomic E-state index is 5.70. The third kappa shape index (κ3) is 6.08. The summed E-state index contributed by atoms with van der Waals surface area (Å²) in [4.78, 5) is 0. The lowest BCUT2D eigenvalue weighted by molar-refractivity contribution is 0.194. The lowest BCUT2D eigenvalue weighted by Gasteiger charge is -2.12. The fourth-order valence-corrected chi connectivity index (χ4v) is 1.72. The van der Waals surface area contributed by atoms with Crippen LogP contribution in [0.15, 0.2) is 30.4 Å². The topological polar surface area (TPSA) is 39.7 Å². The van der Waals surface area contributed by atoms with E-state index < -0.39 is 0 Å². The van der Waals surface area contributed by atoms with Crippen molar-refractivity contribution in [2.45, 2.75) is 19.9 Å². The minimum Gasteiger partial charge on any atom is -0.493 e.